The van der Waals surface area contributed by atoms with E-state index in [1.165, 1.54) is 0 Å². The van der Waals surface area contributed by atoms with Gasteiger partial charge in [0.15, 0.2) is 5.78 Å². The number of amides is 1. The summed E-state index contributed by atoms with van der Waals surface area (Å²) in [6, 6.07) is 11.5. The quantitative estimate of drug-likeness (QED) is 0.852. The summed E-state index contributed by atoms with van der Waals surface area (Å²) in [5.41, 5.74) is 2.90. The second kappa shape index (κ2) is 7.92. The first-order chi connectivity index (χ1) is 12.1. The van der Waals surface area contributed by atoms with Crippen molar-refractivity contribution >= 4 is 17.4 Å². The van der Waals surface area contributed by atoms with Crippen LogP contribution in [0.4, 0.5) is 5.69 Å². The fourth-order valence-corrected chi connectivity index (χ4v) is 3.14. The SMILES string of the molecule is CC(=O)c1ccc(N2CCC(C(=O)NCc3ccncc3)CC2)cc1. The third-order valence-corrected chi connectivity index (χ3v) is 4.72. The van der Waals surface area contributed by atoms with E-state index in [0.29, 0.717) is 6.54 Å². The number of nitrogens with zero attached hydrogens (tertiary/aromatic N) is 2. The molecule has 1 saturated heterocycles. The first kappa shape index (κ1) is 17.1. The Morgan fingerprint density at radius 3 is 2.32 bits per heavy atom. The number of Topliss-reactive ketones (excluding diaryl/α,β-unsaturated/α-hetero) is 1. The Bertz CT molecular complexity index is 720. The number of rotatable bonds is 5. The van der Waals surface area contributed by atoms with Gasteiger partial charge in [0.2, 0.25) is 5.91 Å². The van der Waals surface area contributed by atoms with Gasteiger partial charge in [-0.25, -0.2) is 0 Å². The normalized spacial score (nSPS) is 15.0. The lowest BCUT2D eigenvalue weighted by Gasteiger charge is -2.33. The van der Waals surface area contributed by atoms with Gasteiger partial charge in [-0.1, -0.05) is 0 Å². The smallest absolute Gasteiger partial charge is 0.223 e. The van der Waals surface area contributed by atoms with Crippen molar-refractivity contribution in [2.75, 3.05) is 18.0 Å². The predicted molar refractivity (Wildman–Crippen MR) is 97.5 cm³/mol. The molecule has 1 aromatic heterocycles. The van der Waals surface area contributed by atoms with Crippen LogP contribution in [0.2, 0.25) is 0 Å². The molecule has 0 aliphatic carbocycles. The monoisotopic (exact) mass is 337 g/mol. The van der Waals surface area contributed by atoms with Gasteiger partial charge in [-0.05, 0) is 61.7 Å². The highest BCUT2D eigenvalue weighted by atomic mass is 16.1. The van der Waals surface area contributed by atoms with Crippen molar-refractivity contribution in [2.45, 2.75) is 26.3 Å². The maximum Gasteiger partial charge on any atom is 0.223 e. The fourth-order valence-electron chi connectivity index (χ4n) is 3.14. The number of piperidine rings is 1. The molecule has 0 unspecified atom stereocenters. The van der Waals surface area contributed by atoms with Gasteiger partial charge in [0, 0.05) is 49.2 Å². The van der Waals surface area contributed by atoms with Crippen molar-refractivity contribution in [1.29, 1.82) is 0 Å². The van der Waals surface area contributed by atoms with Crippen LogP contribution in [0.3, 0.4) is 0 Å². The standard InChI is InChI=1S/C20H23N3O2/c1-15(24)17-2-4-19(5-3-17)23-12-8-18(9-13-23)20(25)22-14-16-6-10-21-11-7-16/h2-7,10-11,18H,8-9,12-14H2,1H3,(H,22,25). The predicted octanol–water partition coefficient (Wildman–Crippen LogP) is 2.82. The maximum absolute atomic E-state index is 12.4. The minimum atomic E-state index is 0.0644. The lowest BCUT2D eigenvalue weighted by molar-refractivity contribution is -0.125. The molecule has 5 heteroatoms. The summed E-state index contributed by atoms with van der Waals surface area (Å²) in [6.07, 6.45) is 5.15. The number of carbonyl (C=O) groups is 2. The van der Waals surface area contributed by atoms with E-state index >= 15 is 0 Å². The first-order valence-corrected chi connectivity index (χ1v) is 8.66. The van der Waals surface area contributed by atoms with E-state index in [-0.39, 0.29) is 17.6 Å². The number of carbonyl (C=O) groups excluding carboxylic acids is 2. The van der Waals surface area contributed by atoms with Crippen LogP contribution in [0.1, 0.15) is 35.7 Å². The molecule has 1 aliphatic heterocycles. The van der Waals surface area contributed by atoms with Crippen molar-refractivity contribution < 1.29 is 9.59 Å². The van der Waals surface area contributed by atoms with Crippen LogP contribution in [0, 0.1) is 5.92 Å². The molecule has 1 aliphatic rings. The zero-order chi connectivity index (χ0) is 17.6. The zero-order valence-corrected chi connectivity index (χ0v) is 14.4. The Kier molecular flexibility index (Phi) is 5.43. The van der Waals surface area contributed by atoms with Gasteiger partial charge in [0.1, 0.15) is 0 Å². The van der Waals surface area contributed by atoms with Crippen molar-refractivity contribution in [3.05, 3.63) is 59.9 Å². The summed E-state index contributed by atoms with van der Waals surface area (Å²) in [5.74, 6) is 0.272. The zero-order valence-electron chi connectivity index (χ0n) is 14.4. The lowest BCUT2D eigenvalue weighted by atomic mass is 9.95. The summed E-state index contributed by atoms with van der Waals surface area (Å²) in [5, 5.41) is 3.02. The minimum Gasteiger partial charge on any atom is -0.371 e. The summed E-state index contributed by atoms with van der Waals surface area (Å²) in [6.45, 7) is 3.83. The third kappa shape index (κ3) is 4.44. The number of nitrogens with one attached hydrogen (secondary N) is 1. The van der Waals surface area contributed by atoms with Gasteiger partial charge >= 0.3 is 0 Å². The van der Waals surface area contributed by atoms with E-state index in [9.17, 15) is 9.59 Å². The van der Waals surface area contributed by atoms with Crippen LogP contribution >= 0.6 is 0 Å². The van der Waals surface area contributed by atoms with E-state index in [4.69, 9.17) is 0 Å². The van der Waals surface area contributed by atoms with Gasteiger partial charge in [-0.3, -0.25) is 14.6 Å². The molecule has 5 nitrogen and oxygen atoms in total. The first-order valence-electron chi connectivity index (χ1n) is 8.66. The Morgan fingerprint density at radius 1 is 1.08 bits per heavy atom. The van der Waals surface area contributed by atoms with Crippen LogP contribution in [0.5, 0.6) is 0 Å². The average molecular weight is 337 g/mol. The van der Waals surface area contributed by atoms with E-state index in [2.05, 4.69) is 15.2 Å². The summed E-state index contributed by atoms with van der Waals surface area (Å²) < 4.78 is 0. The number of anilines is 1. The molecule has 0 atom stereocenters. The molecule has 25 heavy (non-hydrogen) atoms. The lowest BCUT2D eigenvalue weighted by Crippen LogP contribution is -2.40. The molecule has 2 heterocycles. The number of aromatic nitrogens is 1. The van der Waals surface area contributed by atoms with Crippen LogP contribution in [0.15, 0.2) is 48.8 Å². The Morgan fingerprint density at radius 2 is 1.72 bits per heavy atom. The second-order valence-corrected chi connectivity index (χ2v) is 6.44. The molecule has 0 spiro atoms. The second-order valence-electron chi connectivity index (χ2n) is 6.44. The average Bonchev–Trinajstić information content (AvgIpc) is 2.67. The number of hydrogen-bond acceptors (Lipinski definition) is 4. The Hall–Kier alpha value is -2.69. The van der Waals surface area contributed by atoms with Crippen LogP contribution < -0.4 is 10.2 Å². The Balaban J connectivity index is 1.49. The molecule has 1 fully saturated rings. The molecule has 1 N–H and O–H groups in total. The molecule has 1 amide bonds. The highest BCUT2D eigenvalue weighted by molar-refractivity contribution is 5.94. The van der Waals surface area contributed by atoms with E-state index < -0.39 is 0 Å². The highest BCUT2D eigenvalue weighted by Crippen LogP contribution is 2.24. The summed E-state index contributed by atoms with van der Waals surface area (Å²) in [4.78, 5) is 30.0. The van der Waals surface area contributed by atoms with Crippen LogP contribution in [0.25, 0.3) is 0 Å². The Labute approximate surface area is 148 Å². The van der Waals surface area contributed by atoms with E-state index in [1.54, 1.807) is 19.3 Å². The van der Waals surface area contributed by atoms with Gasteiger partial charge in [0.05, 0.1) is 0 Å². The molecular formula is C20H23N3O2. The van der Waals surface area contributed by atoms with Gasteiger partial charge < -0.3 is 10.2 Å². The summed E-state index contributed by atoms with van der Waals surface area (Å²) in [7, 11) is 0. The fraction of sp³-hybridized carbons (Fsp3) is 0.350. The maximum atomic E-state index is 12.4. The number of ketones is 1. The molecule has 1 aromatic carbocycles. The molecule has 3 rings (SSSR count). The van der Waals surface area contributed by atoms with Gasteiger partial charge in [0.25, 0.3) is 0 Å². The largest absolute Gasteiger partial charge is 0.371 e. The van der Waals surface area contributed by atoms with E-state index in [1.807, 2.05) is 36.4 Å². The van der Waals surface area contributed by atoms with Gasteiger partial charge in [-0.15, -0.1) is 0 Å². The number of pyridine rings is 1. The molecule has 0 bridgehead atoms. The van der Waals surface area contributed by atoms with Crippen LogP contribution in [-0.4, -0.2) is 29.8 Å². The summed E-state index contributed by atoms with van der Waals surface area (Å²) >= 11 is 0. The van der Waals surface area contributed by atoms with E-state index in [0.717, 1.165) is 42.7 Å². The molecule has 0 radical (unpaired) electrons. The van der Waals surface area contributed by atoms with Crippen LogP contribution in [-0.2, 0) is 11.3 Å². The van der Waals surface area contributed by atoms with Crippen molar-refractivity contribution in [3.8, 4) is 0 Å². The molecule has 2 aromatic rings. The number of hydrogen-bond donors (Lipinski definition) is 1. The molecule has 0 saturated carbocycles. The van der Waals surface area contributed by atoms with Crippen molar-refractivity contribution in [1.82, 2.24) is 10.3 Å². The topological polar surface area (TPSA) is 62.3 Å². The van der Waals surface area contributed by atoms with Gasteiger partial charge in [-0.2, -0.15) is 0 Å². The molecular weight excluding hydrogens is 314 g/mol. The minimum absolute atomic E-state index is 0.0644. The number of benzene rings is 1. The van der Waals surface area contributed by atoms with Crippen molar-refractivity contribution in [3.63, 3.8) is 0 Å². The molecule has 130 valence electrons. The third-order valence-electron chi connectivity index (χ3n) is 4.72. The highest BCUT2D eigenvalue weighted by Gasteiger charge is 2.24. The van der Waals surface area contributed by atoms with Crippen molar-refractivity contribution in [2.24, 2.45) is 5.92 Å².